The molecule has 1 aliphatic carbocycles. The molecule has 0 amide bonds. The zero-order chi connectivity index (χ0) is 14.2. The van der Waals surface area contributed by atoms with E-state index < -0.39 is 0 Å². The summed E-state index contributed by atoms with van der Waals surface area (Å²) >= 11 is 0. The van der Waals surface area contributed by atoms with Crippen molar-refractivity contribution in [3.8, 4) is 11.1 Å². The molecule has 20 heavy (non-hydrogen) atoms. The molecule has 0 atom stereocenters. The van der Waals surface area contributed by atoms with Gasteiger partial charge < -0.3 is 5.11 Å². The van der Waals surface area contributed by atoms with Crippen molar-refractivity contribution in [2.24, 2.45) is 5.92 Å². The van der Waals surface area contributed by atoms with Gasteiger partial charge in [-0.3, -0.25) is 0 Å². The lowest BCUT2D eigenvalue weighted by Crippen LogP contribution is -2.32. The summed E-state index contributed by atoms with van der Waals surface area (Å²) in [5, 5.41) is 9.32. The average Bonchev–Trinajstić information content (AvgIpc) is 2.77. The summed E-state index contributed by atoms with van der Waals surface area (Å²) in [5.74, 6) is 0.513. The van der Waals surface area contributed by atoms with Gasteiger partial charge in [-0.15, -0.1) is 0 Å². The highest BCUT2D eigenvalue weighted by Gasteiger charge is 2.44. The fourth-order valence-electron chi connectivity index (χ4n) is 3.90. The second-order valence-electron chi connectivity index (χ2n) is 6.04. The van der Waals surface area contributed by atoms with E-state index in [0.29, 0.717) is 5.92 Å². The van der Waals surface area contributed by atoms with Gasteiger partial charge in [0, 0.05) is 12.0 Å². The summed E-state index contributed by atoms with van der Waals surface area (Å²) < 4.78 is 0. The Morgan fingerprint density at radius 1 is 0.900 bits per heavy atom. The first-order valence-electron chi connectivity index (χ1n) is 7.52. The molecule has 0 fully saturated rings. The van der Waals surface area contributed by atoms with Crippen molar-refractivity contribution >= 4 is 0 Å². The maximum atomic E-state index is 9.32. The van der Waals surface area contributed by atoms with E-state index in [1.54, 1.807) is 0 Å². The Kier molecular flexibility index (Phi) is 3.39. The molecule has 0 aromatic heterocycles. The van der Waals surface area contributed by atoms with E-state index in [0.717, 1.165) is 12.8 Å². The largest absolute Gasteiger partial charge is 0.396 e. The number of aliphatic hydroxyl groups excluding tert-OH is 1. The highest BCUT2D eigenvalue weighted by atomic mass is 16.2. The lowest BCUT2D eigenvalue weighted by Gasteiger charge is -2.36. The molecule has 104 valence electrons. The van der Waals surface area contributed by atoms with Crippen LogP contribution in [0.2, 0.25) is 0 Å². The molecular weight excluding hydrogens is 244 g/mol. The van der Waals surface area contributed by atoms with Crippen LogP contribution < -0.4 is 0 Å². The summed E-state index contributed by atoms with van der Waals surface area (Å²) in [5.41, 5.74) is 5.66. The van der Waals surface area contributed by atoms with Crippen LogP contribution in [0, 0.1) is 5.92 Å². The second-order valence-corrected chi connectivity index (χ2v) is 6.04. The molecule has 0 bridgehead atoms. The first kappa shape index (κ1) is 13.4. The van der Waals surface area contributed by atoms with Crippen LogP contribution in [-0.2, 0) is 5.41 Å². The number of rotatable bonds is 4. The SMILES string of the molecule is CC(C)C1(CCCO)c2ccccc2-c2ccccc21. The van der Waals surface area contributed by atoms with Gasteiger partial charge in [0.25, 0.3) is 0 Å². The van der Waals surface area contributed by atoms with Gasteiger partial charge in [-0.05, 0) is 41.0 Å². The normalized spacial score (nSPS) is 15.2. The smallest absolute Gasteiger partial charge is 0.0431 e. The van der Waals surface area contributed by atoms with Crippen LogP contribution >= 0.6 is 0 Å². The van der Waals surface area contributed by atoms with Gasteiger partial charge >= 0.3 is 0 Å². The number of benzene rings is 2. The Bertz CT molecular complexity index is 567. The lowest BCUT2D eigenvalue weighted by atomic mass is 9.67. The molecule has 3 rings (SSSR count). The average molecular weight is 266 g/mol. The van der Waals surface area contributed by atoms with E-state index in [4.69, 9.17) is 0 Å². The fraction of sp³-hybridized carbons (Fsp3) is 0.368. The third-order valence-electron chi connectivity index (χ3n) is 4.82. The molecule has 0 saturated heterocycles. The van der Waals surface area contributed by atoms with Crippen LogP contribution in [0.15, 0.2) is 48.5 Å². The maximum Gasteiger partial charge on any atom is 0.0431 e. The zero-order valence-electron chi connectivity index (χ0n) is 12.3. The number of aliphatic hydroxyl groups is 1. The highest BCUT2D eigenvalue weighted by Crippen LogP contribution is 2.54. The molecule has 2 aromatic rings. The Hall–Kier alpha value is -1.60. The summed E-state index contributed by atoms with van der Waals surface area (Å²) in [6.07, 6.45) is 1.86. The minimum Gasteiger partial charge on any atom is -0.396 e. The van der Waals surface area contributed by atoms with Crippen LogP contribution in [0.5, 0.6) is 0 Å². The maximum absolute atomic E-state index is 9.32. The summed E-state index contributed by atoms with van der Waals surface area (Å²) in [6.45, 7) is 4.87. The molecule has 0 heterocycles. The molecule has 0 aliphatic heterocycles. The summed E-state index contributed by atoms with van der Waals surface area (Å²) in [4.78, 5) is 0. The Morgan fingerprint density at radius 2 is 1.40 bits per heavy atom. The Morgan fingerprint density at radius 3 is 1.85 bits per heavy atom. The van der Waals surface area contributed by atoms with Crippen molar-refractivity contribution in [3.63, 3.8) is 0 Å². The molecule has 0 spiro atoms. The topological polar surface area (TPSA) is 20.2 Å². The standard InChI is InChI=1S/C19H22O/c1-14(2)19(12-7-13-20)17-10-5-3-8-15(17)16-9-4-6-11-18(16)19/h3-6,8-11,14,20H,7,12-13H2,1-2H3. The van der Waals surface area contributed by atoms with Gasteiger partial charge in [0.05, 0.1) is 0 Å². The molecule has 0 radical (unpaired) electrons. The number of hydrogen-bond acceptors (Lipinski definition) is 1. The summed E-state index contributed by atoms with van der Waals surface area (Å²) in [6, 6.07) is 17.5. The summed E-state index contributed by atoms with van der Waals surface area (Å²) in [7, 11) is 0. The van der Waals surface area contributed by atoms with Crippen molar-refractivity contribution in [2.75, 3.05) is 6.61 Å². The van der Waals surface area contributed by atoms with E-state index in [2.05, 4.69) is 62.4 Å². The fourth-order valence-corrected chi connectivity index (χ4v) is 3.90. The molecule has 1 nitrogen and oxygen atoms in total. The van der Waals surface area contributed by atoms with Crippen LogP contribution in [0.25, 0.3) is 11.1 Å². The van der Waals surface area contributed by atoms with Crippen LogP contribution in [0.4, 0.5) is 0 Å². The van der Waals surface area contributed by atoms with Gasteiger partial charge in [0.1, 0.15) is 0 Å². The van der Waals surface area contributed by atoms with E-state index in [1.165, 1.54) is 22.3 Å². The van der Waals surface area contributed by atoms with Crippen LogP contribution in [0.3, 0.4) is 0 Å². The van der Waals surface area contributed by atoms with Crippen molar-refractivity contribution in [1.29, 1.82) is 0 Å². The van der Waals surface area contributed by atoms with Crippen molar-refractivity contribution in [3.05, 3.63) is 59.7 Å². The van der Waals surface area contributed by atoms with Crippen LogP contribution in [0.1, 0.15) is 37.8 Å². The van der Waals surface area contributed by atoms with Gasteiger partial charge in [-0.25, -0.2) is 0 Å². The van der Waals surface area contributed by atoms with Crippen molar-refractivity contribution < 1.29 is 5.11 Å². The molecule has 2 aromatic carbocycles. The number of fused-ring (bicyclic) bond motifs is 3. The first-order chi connectivity index (χ1) is 9.71. The molecule has 0 unspecified atom stereocenters. The third-order valence-corrected chi connectivity index (χ3v) is 4.82. The quantitative estimate of drug-likeness (QED) is 0.870. The van der Waals surface area contributed by atoms with Gasteiger partial charge in [0.15, 0.2) is 0 Å². The van der Waals surface area contributed by atoms with Crippen molar-refractivity contribution in [1.82, 2.24) is 0 Å². The second kappa shape index (κ2) is 5.06. The minimum atomic E-state index is 0.0515. The highest BCUT2D eigenvalue weighted by molar-refractivity contribution is 5.81. The van der Waals surface area contributed by atoms with E-state index in [1.807, 2.05) is 0 Å². The molecular formula is C19H22O. The van der Waals surface area contributed by atoms with Crippen molar-refractivity contribution in [2.45, 2.75) is 32.1 Å². The third kappa shape index (κ3) is 1.73. The van der Waals surface area contributed by atoms with E-state index in [9.17, 15) is 5.11 Å². The predicted molar refractivity (Wildman–Crippen MR) is 83.8 cm³/mol. The van der Waals surface area contributed by atoms with Gasteiger partial charge in [-0.1, -0.05) is 62.4 Å². The molecule has 1 aliphatic rings. The lowest BCUT2D eigenvalue weighted by molar-refractivity contribution is 0.252. The van der Waals surface area contributed by atoms with Gasteiger partial charge in [0.2, 0.25) is 0 Å². The Labute approximate surface area is 121 Å². The van der Waals surface area contributed by atoms with E-state index >= 15 is 0 Å². The van der Waals surface area contributed by atoms with Crippen LogP contribution in [-0.4, -0.2) is 11.7 Å². The molecule has 0 saturated carbocycles. The van der Waals surface area contributed by atoms with Gasteiger partial charge in [-0.2, -0.15) is 0 Å². The Balaban J connectivity index is 2.27. The predicted octanol–water partition coefficient (Wildman–Crippen LogP) is 4.38. The zero-order valence-corrected chi connectivity index (χ0v) is 12.3. The number of hydrogen-bond donors (Lipinski definition) is 1. The molecule has 1 heteroatoms. The minimum absolute atomic E-state index is 0.0515. The first-order valence-corrected chi connectivity index (χ1v) is 7.52. The van der Waals surface area contributed by atoms with E-state index in [-0.39, 0.29) is 12.0 Å². The monoisotopic (exact) mass is 266 g/mol. The molecule has 1 N–H and O–H groups in total.